The van der Waals surface area contributed by atoms with E-state index < -0.39 is 5.97 Å². The summed E-state index contributed by atoms with van der Waals surface area (Å²) in [6.45, 7) is 2.01. The van der Waals surface area contributed by atoms with Gasteiger partial charge in [-0.2, -0.15) is 5.10 Å². The number of aryl methyl sites for hydroxylation is 1. The largest absolute Gasteiger partial charge is 0.550 e. The summed E-state index contributed by atoms with van der Waals surface area (Å²) in [6.07, 6.45) is 0.0442. The molecule has 0 saturated carbocycles. The lowest BCUT2D eigenvalue weighted by Crippen LogP contribution is -2.30. The molecule has 0 bridgehead atoms. The Morgan fingerprint density at radius 3 is 2.52 bits per heavy atom. The van der Waals surface area contributed by atoms with Crippen molar-refractivity contribution in [3.63, 3.8) is 0 Å². The van der Waals surface area contributed by atoms with Crippen molar-refractivity contribution in [2.45, 2.75) is 32.2 Å². The van der Waals surface area contributed by atoms with Crippen LogP contribution in [-0.2, 0) is 9.59 Å². The van der Waals surface area contributed by atoms with Crippen molar-refractivity contribution in [3.05, 3.63) is 65.2 Å². The first-order valence-electron chi connectivity index (χ1n) is 8.79. The van der Waals surface area contributed by atoms with Crippen molar-refractivity contribution in [1.29, 1.82) is 0 Å². The second kappa shape index (κ2) is 8.03. The number of benzene rings is 2. The lowest BCUT2D eigenvalue weighted by atomic mass is 9.97. The van der Waals surface area contributed by atoms with Crippen LogP contribution in [-0.4, -0.2) is 29.7 Å². The number of aliphatic carboxylic acids is 1. The zero-order valence-corrected chi connectivity index (χ0v) is 15.3. The fraction of sp³-hybridized carbons (Fsp3) is 0.286. The molecule has 1 heterocycles. The number of amides is 1. The number of para-hydroxylation sites is 1. The lowest BCUT2D eigenvalue weighted by molar-refractivity contribution is -0.305. The second-order valence-corrected chi connectivity index (χ2v) is 6.48. The molecule has 0 fully saturated rings. The number of carbonyl (C=O) groups excluding carboxylic acids is 2. The average Bonchev–Trinajstić information content (AvgIpc) is 3.11. The molecule has 1 atom stereocenters. The molecule has 140 valence electrons. The summed E-state index contributed by atoms with van der Waals surface area (Å²) in [6, 6.07) is 15.1. The van der Waals surface area contributed by atoms with Crippen molar-refractivity contribution in [3.8, 4) is 5.75 Å². The normalized spacial score (nSPS) is 16.1. The Labute approximate surface area is 158 Å². The summed E-state index contributed by atoms with van der Waals surface area (Å²) < 4.78 is 5.45. The van der Waals surface area contributed by atoms with Crippen molar-refractivity contribution in [1.82, 2.24) is 5.01 Å². The lowest BCUT2D eigenvalue weighted by Gasteiger charge is -2.23. The molecule has 3 rings (SSSR count). The molecule has 1 amide bonds. The monoisotopic (exact) mass is 365 g/mol. The maximum atomic E-state index is 12.7. The highest BCUT2D eigenvalue weighted by Crippen LogP contribution is 2.37. The van der Waals surface area contributed by atoms with Gasteiger partial charge in [0, 0.05) is 24.4 Å². The van der Waals surface area contributed by atoms with E-state index in [0.717, 1.165) is 22.4 Å². The molecular formula is C21H21N2O4-. The van der Waals surface area contributed by atoms with Crippen molar-refractivity contribution in [2.24, 2.45) is 5.10 Å². The van der Waals surface area contributed by atoms with Crippen molar-refractivity contribution >= 4 is 17.6 Å². The molecule has 0 radical (unpaired) electrons. The van der Waals surface area contributed by atoms with Gasteiger partial charge in [0.1, 0.15) is 5.75 Å². The first-order chi connectivity index (χ1) is 13.0. The van der Waals surface area contributed by atoms with E-state index >= 15 is 0 Å². The maximum absolute atomic E-state index is 12.7. The molecule has 0 N–H and O–H groups in total. The summed E-state index contributed by atoms with van der Waals surface area (Å²) in [7, 11) is 1.58. The van der Waals surface area contributed by atoms with Gasteiger partial charge in [0.15, 0.2) is 0 Å². The number of hydrogen-bond acceptors (Lipinski definition) is 5. The third-order valence-corrected chi connectivity index (χ3v) is 4.59. The number of carbonyl (C=O) groups is 2. The van der Waals surface area contributed by atoms with Crippen LogP contribution in [0.15, 0.2) is 53.6 Å². The fourth-order valence-corrected chi connectivity index (χ4v) is 3.17. The smallest absolute Gasteiger partial charge is 0.243 e. The molecule has 2 aromatic carbocycles. The number of hydrazone groups is 1. The quantitative estimate of drug-likeness (QED) is 0.786. The number of carboxylic acid groups (broad SMARTS) is 1. The number of ether oxygens (including phenoxy) is 1. The molecule has 6 nitrogen and oxygen atoms in total. The highest BCUT2D eigenvalue weighted by Gasteiger charge is 2.34. The van der Waals surface area contributed by atoms with Gasteiger partial charge in [-0.1, -0.05) is 48.0 Å². The Kier molecular flexibility index (Phi) is 5.54. The topological polar surface area (TPSA) is 82.0 Å². The molecule has 0 saturated heterocycles. The van der Waals surface area contributed by atoms with E-state index in [9.17, 15) is 14.7 Å². The Morgan fingerprint density at radius 1 is 1.15 bits per heavy atom. The Morgan fingerprint density at radius 2 is 1.85 bits per heavy atom. The van der Waals surface area contributed by atoms with E-state index in [1.54, 1.807) is 7.11 Å². The summed E-state index contributed by atoms with van der Waals surface area (Å²) in [5, 5.41) is 16.7. The van der Waals surface area contributed by atoms with Crippen LogP contribution in [0.5, 0.6) is 5.75 Å². The van der Waals surface area contributed by atoms with Gasteiger partial charge in [-0.05, 0) is 25.0 Å². The van der Waals surface area contributed by atoms with Crippen LogP contribution in [0.2, 0.25) is 0 Å². The zero-order chi connectivity index (χ0) is 19.4. The second-order valence-electron chi connectivity index (χ2n) is 6.48. The van der Waals surface area contributed by atoms with Gasteiger partial charge in [0.2, 0.25) is 5.91 Å². The van der Waals surface area contributed by atoms with Gasteiger partial charge >= 0.3 is 0 Å². The predicted molar refractivity (Wildman–Crippen MR) is 99.2 cm³/mol. The zero-order valence-electron chi connectivity index (χ0n) is 15.3. The Hall–Kier alpha value is -3.15. The molecule has 0 aliphatic carbocycles. The number of carboxylic acids is 1. The van der Waals surface area contributed by atoms with E-state index in [0.29, 0.717) is 12.2 Å². The number of nitrogens with zero attached hydrogens (tertiary/aromatic N) is 2. The van der Waals surface area contributed by atoms with E-state index in [4.69, 9.17) is 4.74 Å². The number of methoxy groups -OCH3 is 1. The molecule has 0 aromatic heterocycles. The van der Waals surface area contributed by atoms with Crippen molar-refractivity contribution < 1.29 is 19.4 Å². The third-order valence-electron chi connectivity index (χ3n) is 4.59. The minimum Gasteiger partial charge on any atom is -0.550 e. The SMILES string of the molecule is COc1ccccc1[C@H]1CC(c2ccc(C)cc2)=NN1C(=O)CCC(=O)[O-]. The number of hydrogen-bond donors (Lipinski definition) is 0. The Balaban J connectivity index is 1.94. The van der Waals surface area contributed by atoms with E-state index in [-0.39, 0.29) is 24.8 Å². The highest BCUT2D eigenvalue weighted by atomic mass is 16.5. The van der Waals surface area contributed by atoms with Crippen LogP contribution in [0.25, 0.3) is 0 Å². The van der Waals surface area contributed by atoms with E-state index in [2.05, 4.69) is 5.10 Å². The van der Waals surface area contributed by atoms with Crippen LogP contribution < -0.4 is 9.84 Å². The summed E-state index contributed by atoms with van der Waals surface area (Å²) in [4.78, 5) is 23.4. The van der Waals surface area contributed by atoms with Crippen LogP contribution in [0.4, 0.5) is 0 Å². The maximum Gasteiger partial charge on any atom is 0.243 e. The summed E-state index contributed by atoms with van der Waals surface area (Å²) in [5.41, 5.74) is 3.71. The highest BCUT2D eigenvalue weighted by molar-refractivity contribution is 6.03. The minimum atomic E-state index is -1.25. The molecule has 27 heavy (non-hydrogen) atoms. The minimum absolute atomic E-state index is 0.154. The van der Waals surface area contributed by atoms with Crippen LogP contribution in [0, 0.1) is 6.92 Å². The Bertz CT molecular complexity index is 874. The van der Waals surface area contributed by atoms with E-state index in [1.807, 2.05) is 55.5 Å². The first-order valence-corrected chi connectivity index (χ1v) is 8.79. The van der Waals surface area contributed by atoms with Crippen LogP contribution in [0.3, 0.4) is 0 Å². The number of rotatable bonds is 6. The van der Waals surface area contributed by atoms with Gasteiger partial charge in [-0.25, -0.2) is 5.01 Å². The third kappa shape index (κ3) is 4.16. The molecule has 1 aliphatic heterocycles. The standard InChI is InChI=1S/C21H22N2O4/c1-14-7-9-15(10-8-14)17-13-18(16-5-3-4-6-19(16)27-2)23(22-17)20(24)11-12-21(25)26/h3-10,18H,11-13H2,1-2H3,(H,25,26)/p-1/t18-/m1/s1. The summed E-state index contributed by atoms with van der Waals surface area (Å²) >= 11 is 0. The summed E-state index contributed by atoms with van der Waals surface area (Å²) in [5.74, 6) is -0.933. The van der Waals surface area contributed by atoms with Gasteiger partial charge in [-0.3, -0.25) is 4.79 Å². The van der Waals surface area contributed by atoms with Crippen LogP contribution in [0.1, 0.15) is 42.0 Å². The molecule has 6 heteroatoms. The van der Waals surface area contributed by atoms with Gasteiger partial charge in [0.05, 0.1) is 18.9 Å². The average molecular weight is 365 g/mol. The predicted octanol–water partition coefficient (Wildman–Crippen LogP) is 2.21. The van der Waals surface area contributed by atoms with E-state index in [1.165, 1.54) is 5.01 Å². The van der Waals surface area contributed by atoms with Gasteiger partial charge in [0.25, 0.3) is 0 Å². The van der Waals surface area contributed by atoms with Gasteiger partial charge in [-0.15, -0.1) is 0 Å². The fourth-order valence-electron chi connectivity index (χ4n) is 3.17. The molecule has 0 spiro atoms. The molecule has 2 aromatic rings. The van der Waals surface area contributed by atoms with Crippen molar-refractivity contribution in [2.75, 3.05) is 7.11 Å². The van der Waals surface area contributed by atoms with Crippen LogP contribution >= 0.6 is 0 Å². The molecule has 1 aliphatic rings. The molecular weight excluding hydrogens is 344 g/mol. The molecule has 0 unspecified atom stereocenters. The van der Waals surface area contributed by atoms with Gasteiger partial charge < -0.3 is 14.6 Å². The first kappa shape index (κ1) is 18.6.